The summed E-state index contributed by atoms with van der Waals surface area (Å²) >= 11 is 0. The first kappa shape index (κ1) is 11.3. The molecule has 94 valence electrons. The van der Waals surface area contributed by atoms with E-state index in [1.54, 1.807) is 0 Å². The number of allylic oxidation sites excluding steroid dienone is 2. The smallest absolute Gasteiger partial charge is 0.226 e. The van der Waals surface area contributed by atoms with E-state index in [0.717, 1.165) is 25.9 Å². The van der Waals surface area contributed by atoms with Gasteiger partial charge < -0.3 is 10.6 Å². The van der Waals surface area contributed by atoms with Crippen LogP contribution in [0.1, 0.15) is 26.2 Å². The molecule has 1 saturated carbocycles. The van der Waals surface area contributed by atoms with Gasteiger partial charge in [-0.15, -0.1) is 0 Å². The molecule has 1 saturated heterocycles. The number of carbonyl (C=O) groups is 1. The van der Waals surface area contributed by atoms with Crippen molar-refractivity contribution in [1.29, 1.82) is 0 Å². The number of hydrogen-bond acceptors (Lipinski definition) is 2. The summed E-state index contributed by atoms with van der Waals surface area (Å²) < 4.78 is 0. The van der Waals surface area contributed by atoms with Crippen LogP contribution >= 0.6 is 0 Å². The Hall–Kier alpha value is -0.830. The molecule has 0 spiro atoms. The first-order valence-corrected chi connectivity index (χ1v) is 6.88. The van der Waals surface area contributed by atoms with Crippen molar-refractivity contribution in [2.45, 2.75) is 32.2 Å². The Bertz CT molecular complexity index is 352. The SMILES string of the molecule is CC1CCN(C(=O)C2CC3C=CC2C3)CC1N. The maximum atomic E-state index is 12.5. The largest absolute Gasteiger partial charge is 0.341 e. The van der Waals surface area contributed by atoms with E-state index in [2.05, 4.69) is 19.1 Å². The van der Waals surface area contributed by atoms with Crippen LogP contribution in [0, 0.1) is 23.7 Å². The van der Waals surface area contributed by atoms with E-state index in [0.29, 0.717) is 23.7 Å². The van der Waals surface area contributed by atoms with Crippen LogP contribution in [0.2, 0.25) is 0 Å². The van der Waals surface area contributed by atoms with Crippen LogP contribution in [0.15, 0.2) is 12.2 Å². The summed E-state index contributed by atoms with van der Waals surface area (Å²) in [5, 5.41) is 0. The number of likely N-dealkylation sites (tertiary alicyclic amines) is 1. The Morgan fingerprint density at radius 3 is 2.76 bits per heavy atom. The summed E-state index contributed by atoms with van der Waals surface area (Å²) in [6.07, 6.45) is 7.87. The Labute approximate surface area is 103 Å². The molecule has 2 fully saturated rings. The lowest BCUT2D eigenvalue weighted by atomic mass is 9.89. The Morgan fingerprint density at radius 1 is 1.35 bits per heavy atom. The minimum Gasteiger partial charge on any atom is -0.341 e. The molecule has 0 aromatic heterocycles. The van der Waals surface area contributed by atoms with Gasteiger partial charge in [-0.2, -0.15) is 0 Å². The van der Waals surface area contributed by atoms with Gasteiger partial charge in [0.15, 0.2) is 0 Å². The van der Waals surface area contributed by atoms with Crippen molar-refractivity contribution in [2.24, 2.45) is 29.4 Å². The standard InChI is InChI=1S/C14H22N2O/c1-9-4-5-16(8-13(9)15)14(17)12-7-10-2-3-11(12)6-10/h2-3,9-13H,4-8,15H2,1H3. The van der Waals surface area contributed by atoms with Gasteiger partial charge in [-0.05, 0) is 37.0 Å². The fourth-order valence-electron chi connectivity index (χ4n) is 3.60. The van der Waals surface area contributed by atoms with E-state index in [-0.39, 0.29) is 12.0 Å². The third-order valence-corrected chi connectivity index (χ3v) is 4.92. The van der Waals surface area contributed by atoms with E-state index in [1.807, 2.05) is 4.90 Å². The van der Waals surface area contributed by atoms with Gasteiger partial charge in [-0.25, -0.2) is 0 Å². The number of rotatable bonds is 1. The molecule has 5 unspecified atom stereocenters. The second kappa shape index (κ2) is 4.13. The van der Waals surface area contributed by atoms with E-state index < -0.39 is 0 Å². The predicted octanol–water partition coefficient (Wildman–Crippen LogP) is 1.39. The van der Waals surface area contributed by atoms with Crippen LogP contribution < -0.4 is 5.73 Å². The number of amides is 1. The predicted molar refractivity (Wildman–Crippen MR) is 67.2 cm³/mol. The fraction of sp³-hybridized carbons (Fsp3) is 0.786. The summed E-state index contributed by atoms with van der Waals surface area (Å²) in [4.78, 5) is 14.5. The van der Waals surface area contributed by atoms with Crippen LogP contribution in [0.5, 0.6) is 0 Å². The van der Waals surface area contributed by atoms with Crippen LogP contribution in [0.4, 0.5) is 0 Å². The Morgan fingerprint density at radius 2 is 2.18 bits per heavy atom. The number of fused-ring (bicyclic) bond motifs is 2. The van der Waals surface area contributed by atoms with Crippen LogP contribution in [0.3, 0.4) is 0 Å². The van der Waals surface area contributed by atoms with E-state index >= 15 is 0 Å². The number of nitrogens with two attached hydrogens (primary N) is 1. The summed E-state index contributed by atoms with van der Waals surface area (Å²) in [6.45, 7) is 3.86. The molecule has 3 heteroatoms. The Balaban J connectivity index is 1.65. The molecule has 0 aromatic rings. The summed E-state index contributed by atoms with van der Waals surface area (Å²) in [5.74, 6) is 2.36. The van der Waals surface area contributed by atoms with Crippen molar-refractivity contribution in [3.05, 3.63) is 12.2 Å². The maximum absolute atomic E-state index is 12.5. The molecule has 3 nitrogen and oxygen atoms in total. The highest BCUT2D eigenvalue weighted by Crippen LogP contribution is 2.44. The third-order valence-electron chi connectivity index (χ3n) is 4.92. The average Bonchev–Trinajstić information content (AvgIpc) is 2.93. The highest BCUT2D eigenvalue weighted by atomic mass is 16.2. The second-order valence-electron chi connectivity index (χ2n) is 6.10. The van der Waals surface area contributed by atoms with Crippen molar-refractivity contribution in [2.75, 3.05) is 13.1 Å². The topological polar surface area (TPSA) is 46.3 Å². The van der Waals surface area contributed by atoms with Crippen molar-refractivity contribution in [3.8, 4) is 0 Å². The molecule has 2 N–H and O–H groups in total. The van der Waals surface area contributed by atoms with Gasteiger partial charge in [-0.1, -0.05) is 19.1 Å². The molecule has 3 aliphatic rings. The van der Waals surface area contributed by atoms with Gasteiger partial charge in [0.25, 0.3) is 0 Å². The number of carbonyl (C=O) groups excluding carboxylic acids is 1. The minimum atomic E-state index is 0.168. The molecular weight excluding hydrogens is 212 g/mol. The molecule has 3 rings (SSSR count). The minimum absolute atomic E-state index is 0.168. The number of piperidine rings is 1. The molecule has 5 atom stereocenters. The monoisotopic (exact) mass is 234 g/mol. The summed E-state index contributed by atoms with van der Waals surface area (Å²) in [6, 6.07) is 0.168. The fourth-order valence-corrected chi connectivity index (χ4v) is 3.60. The zero-order valence-electron chi connectivity index (χ0n) is 10.5. The second-order valence-corrected chi connectivity index (χ2v) is 6.10. The van der Waals surface area contributed by atoms with Gasteiger partial charge >= 0.3 is 0 Å². The summed E-state index contributed by atoms with van der Waals surface area (Å²) in [7, 11) is 0. The molecule has 1 heterocycles. The first-order chi connectivity index (χ1) is 8.15. The Kier molecular flexibility index (Phi) is 2.74. The molecule has 2 aliphatic carbocycles. The molecule has 0 aromatic carbocycles. The number of nitrogens with zero attached hydrogens (tertiary/aromatic N) is 1. The van der Waals surface area contributed by atoms with Crippen molar-refractivity contribution in [3.63, 3.8) is 0 Å². The van der Waals surface area contributed by atoms with Crippen LogP contribution in [-0.2, 0) is 4.79 Å². The third kappa shape index (κ3) is 1.90. The van der Waals surface area contributed by atoms with E-state index in [4.69, 9.17) is 5.73 Å². The van der Waals surface area contributed by atoms with Gasteiger partial charge in [-0.3, -0.25) is 4.79 Å². The quantitative estimate of drug-likeness (QED) is 0.697. The summed E-state index contributed by atoms with van der Waals surface area (Å²) in [5.41, 5.74) is 6.07. The lowest BCUT2D eigenvalue weighted by Gasteiger charge is -2.37. The molecule has 17 heavy (non-hydrogen) atoms. The van der Waals surface area contributed by atoms with Crippen molar-refractivity contribution in [1.82, 2.24) is 4.90 Å². The van der Waals surface area contributed by atoms with E-state index in [9.17, 15) is 4.79 Å². The lowest BCUT2D eigenvalue weighted by Crippen LogP contribution is -2.51. The first-order valence-electron chi connectivity index (χ1n) is 6.88. The average molecular weight is 234 g/mol. The lowest BCUT2D eigenvalue weighted by molar-refractivity contribution is -0.138. The van der Waals surface area contributed by atoms with E-state index in [1.165, 1.54) is 6.42 Å². The van der Waals surface area contributed by atoms with Gasteiger partial charge in [0.2, 0.25) is 5.91 Å². The molecule has 2 bridgehead atoms. The molecule has 1 amide bonds. The van der Waals surface area contributed by atoms with Gasteiger partial charge in [0, 0.05) is 25.0 Å². The maximum Gasteiger partial charge on any atom is 0.226 e. The highest BCUT2D eigenvalue weighted by molar-refractivity contribution is 5.80. The van der Waals surface area contributed by atoms with Crippen LogP contribution in [-0.4, -0.2) is 29.9 Å². The van der Waals surface area contributed by atoms with Crippen LogP contribution in [0.25, 0.3) is 0 Å². The zero-order valence-corrected chi connectivity index (χ0v) is 10.5. The number of hydrogen-bond donors (Lipinski definition) is 1. The molecule has 1 aliphatic heterocycles. The molecule has 0 radical (unpaired) electrons. The zero-order chi connectivity index (χ0) is 12.0. The van der Waals surface area contributed by atoms with Gasteiger partial charge in [0.1, 0.15) is 0 Å². The van der Waals surface area contributed by atoms with Crippen molar-refractivity contribution >= 4 is 5.91 Å². The van der Waals surface area contributed by atoms with Crippen molar-refractivity contribution < 1.29 is 4.79 Å². The highest BCUT2D eigenvalue weighted by Gasteiger charge is 2.42. The van der Waals surface area contributed by atoms with Gasteiger partial charge in [0.05, 0.1) is 0 Å². The normalized spacial score (nSPS) is 44.4. The molecular formula is C14H22N2O.